The average Bonchev–Trinajstić information content (AvgIpc) is 2.68. The summed E-state index contributed by atoms with van der Waals surface area (Å²) in [6.45, 7) is 4.10. The van der Waals surface area contributed by atoms with Gasteiger partial charge in [-0.3, -0.25) is 9.59 Å². The maximum absolute atomic E-state index is 13.8. The number of halogens is 2. The van der Waals surface area contributed by atoms with Crippen molar-refractivity contribution in [1.82, 2.24) is 10.2 Å². The molecular formula is C14H19ClFN3O2. The Hall–Kier alpha value is -1.66. The van der Waals surface area contributed by atoms with Crippen molar-refractivity contribution >= 4 is 29.9 Å². The molecule has 1 aromatic rings. The predicted octanol–water partition coefficient (Wildman–Crippen LogP) is 1.64. The summed E-state index contributed by atoms with van der Waals surface area (Å²) < 4.78 is 13.8. The van der Waals surface area contributed by atoms with Crippen molar-refractivity contribution in [2.75, 3.05) is 31.5 Å². The Morgan fingerprint density at radius 3 is 2.76 bits per heavy atom. The predicted molar refractivity (Wildman–Crippen MR) is 81.3 cm³/mol. The number of nitrogens with one attached hydrogen (secondary N) is 2. The van der Waals surface area contributed by atoms with Crippen molar-refractivity contribution < 1.29 is 14.0 Å². The molecule has 2 rings (SSSR count). The Morgan fingerprint density at radius 1 is 1.29 bits per heavy atom. The maximum atomic E-state index is 13.8. The lowest BCUT2D eigenvalue weighted by Gasteiger charge is -2.20. The molecule has 0 radical (unpaired) electrons. The second-order valence-electron chi connectivity index (χ2n) is 4.77. The molecule has 0 unspecified atom stereocenters. The number of nitrogens with zero attached hydrogens (tertiary/aromatic N) is 1. The van der Waals surface area contributed by atoms with Crippen LogP contribution in [0.15, 0.2) is 18.2 Å². The molecule has 0 saturated carbocycles. The maximum Gasteiger partial charge on any atom is 0.256 e. The summed E-state index contributed by atoms with van der Waals surface area (Å²) in [5.41, 5.74) is 0.424. The lowest BCUT2D eigenvalue weighted by molar-refractivity contribution is -0.114. The first-order valence-corrected chi connectivity index (χ1v) is 6.65. The Balaban J connectivity index is 0.00000220. The number of hydrogen-bond acceptors (Lipinski definition) is 3. The van der Waals surface area contributed by atoms with Gasteiger partial charge in [0.25, 0.3) is 5.91 Å². The van der Waals surface area contributed by atoms with Crippen LogP contribution in [0.4, 0.5) is 10.1 Å². The molecule has 2 N–H and O–H groups in total. The van der Waals surface area contributed by atoms with Crippen molar-refractivity contribution in [2.45, 2.75) is 13.3 Å². The molecule has 1 aliphatic heterocycles. The third kappa shape index (κ3) is 4.68. The summed E-state index contributed by atoms with van der Waals surface area (Å²) in [6.07, 6.45) is 0.846. The monoisotopic (exact) mass is 315 g/mol. The number of carbonyl (C=O) groups excluding carboxylic acids is 2. The van der Waals surface area contributed by atoms with E-state index in [1.54, 1.807) is 4.90 Å². The van der Waals surface area contributed by atoms with E-state index < -0.39 is 5.82 Å². The normalized spacial score (nSPS) is 14.9. The molecule has 0 spiro atoms. The van der Waals surface area contributed by atoms with E-state index in [1.165, 1.54) is 25.1 Å². The second kappa shape index (κ2) is 7.95. The quantitative estimate of drug-likeness (QED) is 0.872. The molecule has 1 aromatic carbocycles. The number of anilines is 1. The van der Waals surface area contributed by atoms with Gasteiger partial charge in [0, 0.05) is 32.2 Å². The average molecular weight is 316 g/mol. The van der Waals surface area contributed by atoms with Gasteiger partial charge in [0.05, 0.1) is 5.56 Å². The van der Waals surface area contributed by atoms with Crippen LogP contribution in [0.25, 0.3) is 0 Å². The van der Waals surface area contributed by atoms with Gasteiger partial charge in [0.2, 0.25) is 5.91 Å². The molecule has 2 amide bonds. The van der Waals surface area contributed by atoms with E-state index in [-0.39, 0.29) is 29.8 Å². The Kier molecular flexibility index (Phi) is 6.58. The third-order valence-electron chi connectivity index (χ3n) is 3.14. The Labute approximate surface area is 129 Å². The molecule has 5 nitrogen and oxygen atoms in total. The summed E-state index contributed by atoms with van der Waals surface area (Å²) in [5, 5.41) is 5.74. The van der Waals surface area contributed by atoms with E-state index in [0.717, 1.165) is 13.0 Å². The zero-order chi connectivity index (χ0) is 14.5. The van der Waals surface area contributed by atoms with Crippen molar-refractivity contribution in [3.05, 3.63) is 29.6 Å². The van der Waals surface area contributed by atoms with Crippen molar-refractivity contribution in [3.8, 4) is 0 Å². The molecule has 1 saturated heterocycles. The van der Waals surface area contributed by atoms with Crippen molar-refractivity contribution in [1.29, 1.82) is 0 Å². The molecule has 21 heavy (non-hydrogen) atoms. The smallest absolute Gasteiger partial charge is 0.256 e. The van der Waals surface area contributed by atoms with Gasteiger partial charge < -0.3 is 15.5 Å². The first-order valence-electron chi connectivity index (χ1n) is 6.65. The summed E-state index contributed by atoms with van der Waals surface area (Å²) >= 11 is 0. The van der Waals surface area contributed by atoms with Crippen LogP contribution in [0.2, 0.25) is 0 Å². The number of benzene rings is 1. The van der Waals surface area contributed by atoms with Crippen molar-refractivity contribution in [2.24, 2.45) is 0 Å². The fraction of sp³-hybridized carbons (Fsp3) is 0.429. The highest BCUT2D eigenvalue weighted by atomic mass is 35.5. The second-order valence-corrected chi connectivity index (χ2v) is 4.77. The minimum absolute atomic E-state index is 0. The highest BCUT2D eigenvalue weighted by Gasteiger charge is 2.20. The van der Waals surface area contributed by atoms with Crippen LogP contribution in [0, 0.1) is 5.82 Å². The van der Waals surface area contributed by atoms with Gasteiger partial charge in [-0.05, 0) is 31.2 Å². The minimum Gasteiger partial charge on any atom is -0.337 e. The van der Waals surface area contributed by atoms with Gasteiger partial charge in [-0.1, -0.05) is 0 Å². The molecule has 1 heterocycles. The topological polar surface area (TPSA) is 61.4 Å². The molecule has 0 aliphatic carbocycles. The van der Waals surface area contributed by atoms with E-state index in [9.17, 15) is 14.0 Å². The van der Waals surface area contributed by atoms with Gasteiger partial charge in [0.15, 0.2) is 0 Å². The Morgan fingerprint density at radius 2 is 2.05 bits per heavy atom. The van der Waals surface area contributed by atoms with Crippen LogP contribution in [-0.2, 0) is 4.79 Å². The lowest BCUT2D eigenvalue weighted by atomic mass is 10.1. The summed E-state index contributed by atoms with van der Waals surface area (Å²) in [6, 6.07) is 4.03. The minimum atomic E-state index is -0.568. The molecule has 0 atom stereocenters. The highest BCUT2D eigenvalue weighted by Crippen LogP contribution is 2.17. The van der Waals surface area contributed by atoms with E-state index in [1.807, 2.05) is 0 Å². The van der Waals surface area contributed by atoms with Crippen LogP contribution in [0.1, 0.15) is 23.7 Å². The lowest BCUT2D eigenvalue weighted by Crippen LogP contribution is -2.34. The first-order chi connectivity index (χ1) is 9.58. The molecule has 7 heteroatoms. The molecule has 1 fully saturated rings. The summed E-state index contributed by atoms with van der Waals surface area (Å²) in [5.74, 6) is -1.16. The number of hydrogen-bond donors (Lipinski definition) is 2. The van der Waals surface area contributed by atoms with Crippen LogP contribution in [0.5, 0.6) is 0 Å². The molecule has 1 aliphatic rings. The molecule has 0 bridgehead atoms. The summed E-state index contributed by atoms with van der Waals surface area (Å²) in [4.78, 5) is 25.0. The van der Waals surface area contributed by atoms with Crippen LogP contribution in [0.3, 0.4) is 0 Å². The fourth-order valence-electron chi connectivity index (χ4n) is 2.19. The van der Waals surface area contributed by atoms with Crippen LogP contribution >= 0.6 is 12.4 Å². The highest BCUT2D eigenvalue weighted by molar-refractivity contribution is 5.97. The number of amides is 2. The number of carbonyl (C=O) groups is 2. The number of rotatable bonds is 2. The largest absolute Gasteiger partial charge is 0.337 e. The zero-order valence-electron chi connectivity index (χ0n) is 11.8. The van der Waals surface area contributed by atoms with E-state index in [4.69, 9.17) is 0 Å². The third-order valence-corrected chi connectivity index (χ3v) is 3.14. The first kappa shape index (κ1) is 17.4. The van der Waals surface area contributed by atoms with Gasteiger partial charge in [0.1, 0.15) is 5.82 Å². The van der Waals surface area contributed by atoms with Crippen LogP contribution < -0.4 is 10.6 Å². The standard InChI is InChI=1S/C14H18FN3O2.ClH/c1-10(19)17-11-3-4-13(15)12(9-11)14(20)18-7-2-5-16-6-8-18;/h3-4,9,16H,2,5-8H2,1H3,(H,17,19);1H. The molecule has 0 aromatic heterocycles. The van der Waals surface area contributed by atoms with E-state index in [0.29, 0.717) is 25.3 Å². The van der Waals surface area contributed by atoms with Gasteiger partial charge in [-0.2, -0.15) is 0 Å². The molecule has 116 valence electrons. The fourth-order valence-corrected chi connectivity index (χ4v) is 2.19. The van der Waals surface area contributed by atoms with Crippen LogP contribution in [-0.4, -0.2) is 42.9 Å². The van der Waals surface area contributed by atoms with E-state index in [2.05, 4.69) is 10.6 Å². The Bertz CT molecular complexity index is 517. The summed E-state index contributed by atoms with van der Waals surface area (Å²) in [7, 11) is 0. The zero-order valence-corrected chi connectivity index (χ0v) is 12.6. The van der Waals surface area contributed by atoms with Gasteiger partial charge >= 0.3 is 0 Å². The SMILES string of the molecule is CC(=O)Nc1ccc(F)c(C(=O)N2CCCNCC2)c1.Cl. The van der Waals surface area contributed by atoms with E-state index >= 15 is 0 Å². The molecular weight excluding hydrogens is 297 g/mol. The van der Waals surface area contributed by atoms with Gasteiger partial charge in [-0.15, -0.1) is 12.4 Å². The van der Waals surface area contributed by atoms with Crippen molar-refractivity contribution in [3.63, 3.8) is 0 Å². The van der Waals surface area contributed by atoms with Gasteiger partial charge in [-0.25, -0.2) is 4.39 Å².